The summed E-state index contributed by atoms with van der Waals surface area (Å²) >= 11 is 0. The van der Waals surface area contributed by atoms with Crippen LogP contribution in [-0.4, -0.2) is 42.6 Å². The highest BCUT2D eigenvalue weighted by molar-refractivity contribution is 5.80. The van der Waals surface area contributed by atoms with Crippen LogP contribution in [0.4, 0.5) is 0 Å². The topological polar surface area (TPSA) is 55.6 Å². The van der Waals surface area contributed by atoms with E-state index in [0.29, 0.717) is 6.42 Å². The van der Waals surface area contributed by atoms with Gasteiger partial charge in [0.2, 0.25) is 0 Å². The maximum Gasteiger partial charge on any atom is 0.326 e. The number of rotatable bonds is 3. The fourth-order valence-corrected chi connectivity index (χ4v) is 3.58. The fourth-order valence-electron chi connectivity index (χ4n) is 3.58. The second-order valence-corrected chi connectivity index (χ2v) is 6.14. The van der Waals surface area contributed by atoms with Crippen LogP contribution in [0.1, 0.15) is 45.4 Å². The van der Waals surface area contributed by atoms with E-state index in [1.165, 1.54) is 39.2 Å². The number of hydrogen-bond acceptors (Lipinski definition) is 4. The molecule has 0 amide bonds. The first-order valence-corrected chi connectivity index (χ1v) is 7.15. The summed E-state index contributed by atoms with van der Waals surface area (Å²) in [5.74, 6) is 0.597. The summed E-state index contributed by atoms with van der Waals surface area (Å²) in [5.41, 5.74) is 5.54. The minimum atomic E-state index is -0.508. The van der Waals surface area contributed by atoms with Gasteiger partial charge in [-0.1, -0.05) is 19.3 Å². The minimum absolute atomic E-state index is 0.0951. The number of nitrogens with zero attached hydrogens (tertiary/aromatic N) is 1. The molecular weight excluding hydrogens is 228 g/mol. The lowest BCUT2D eigenvalue weighted by Gasteiger charge is -2.35. The maximum atomic E-state index is 12.0. The van der Waals surface area contributed by atoms with Gasteiger partial charge in [-0.05, 0) is 32.1 Å². The molecular formula is C14H26N2O2. The molecule has 1 saturated carbocycles. The van der Waals surface area contributed by atoms with E-state index in [9.17, 15) is 4.79 Å². The van der Waals surface area contributed by atoms with Crippen LogP contribution in [0.2, 0.25) is 0 Å². The third-order valence-electron chi connectivity index (χ3n) is 4.64. The first-order chi connectivity index (χ1) is 8.56. The fraction of sp³-hybridized carbons (Fsp3) is 0.929. The van der Waals surface area contributed by atoms with Gasteiger partial charge in [0.1, 0.15) is 5.54 Å². The average molecular weight is 254 g/mol. The normalized spacial score (nSPS) is 34.7. The number of ether oxygens (including phenoxy) is 1. The molecule has 2 atom stereocenters. The third kappa shape index (κ3) is 2.69. The molecule has 0 aromatic heterocycles. The molecule has 2 fully saturated rings. The molecule has 2 rings (SSSR count). The number of methoxy groups -OCH3 is 1. The molecule has 1 saturated heterocycles. The van der Waals surface area contributed by atoms with Crippen molar-refractivity contribution in [1.29, 1.82) is 0 Å². The Labute approximate surface area is 110 Å². The molecule has 1 heterocycles. The van der Waals surface area contributed by atoms with Crippen LogP contribution in [0.25, 0.3) is 0 Å². The van der Waals surface area contributed by atoms with Crippen LogP contribution in [-0.2, 0) is 9.53 Å². The van der Waals surface area contributed by atoms with E-state index in [-0.39, 0.29) is 12.0 Å². The second-order valence-electron chi connectivity index (χ2n) is 6.14. The van der Waals surface area contributed by atoms with Gasteiger partial charge in [-0.3, -0.25) is 9.69 Å². The summed E-state index contributed by atoms with van der Waals surface area (Å²) in [6, 6.07) is 0.0951. The zero-order valence-corrected chi connectivity index (χ0v) is 11.7. The van der Waals surface area contributed by atoms with E-state index in [1.54, 1.807) is 0 Å². The quantitative estimate of drug-likeness (QED) is 0.776. The van der Waals surface area contributed by atoms with Crippen molar-refractivity contribution in [2.45, 2.75) is 57.0 Å². The van der Waals surface area contributed by atoms with Gasteiger partial charge in [0.05, 0.1) is 7.11 Å². The molecule has 0 spiro atoms. The standard InChI is InChI=1S/C14H26N2O2/c1-14(13(17)18-2)8-12(15)10-16(14)9-11-6-4-3-5-7-11/h11-12H,3-10,15H2,1-2H3/t12-,14+/m1/s1. The Morgan fingerprint density at radius 1 is 1.39 bits per heavy atom. The first kappa shape index (κ1) is 13.8. The number of hydrogen-bond donors (Lipinski definition) is 1. The Kier molecular flexibility index (Phi) is 4.28. The van der Waals surface area contributed by atoms with Crippen molar-refractivity contribution in [1.82, 2.24) is 4.90 Å². The molecule has 0 radical (unpaired) electrons. The van der Waals surface area contributed by atoms with Gasteiger partial charge in [0.15, 0.2) is 0 Å². The number of likely N-dealkylation sites (tertiary alicyclic amines) is 1. The summed E-state index contributed by atoms with van der Waals surface area (Å²) in [4.78, 5) is 14.3. The van der Waals surface area contributed by atoms with Crippen molar-refractivity contribution in [2.75, 3.05) is 20.2 Å². The highest BCUT2D eigenvalue weighted by Gasteiger charge is 2.47. The van der Waals surface area contributed by atoms with E-state index in [4.69, 9.17) is 10.5 Å². The predicted molar refractivity (Wildman–Crippen MR) is 71.2 cm³/mol. The van der Waals surface area contributed by atoms with E-state index < -0.39 is 5.54 Å². The summed E-state index contributed by atoms with van der Waals surface area (Å²) < 4.78 is 4.97. The molecule has 0 unspecified atom stereocenters. The van der Waals surface area contributed by atoms with E-state index >= 15 is 0 Å². The van der Waals surface area contributed by atoms with Crippen molar-refractivity contribution in [3.8, 4) is 0 Å². The molecule has 1 aliphatic heterocycles. The van der Waals surface area contributed by atoms with Crippen molar-refractivity contribution < 1.29 is 9.53 Å². The second kappa shape index (κ2) is 5.57. The maximum absolute atomic E-state index is 12.0. The molecule has 18 heavy (non-hydrogen) atoms. The molecule has 2 aliphatic rings. The smallest absolute Gasteiger partial charge is 0.326 e. The van der Waals surface area contributed by atoms with Crippen LogP contribution < -0.4 is 5.73 Å². The van der Waals surface area contributed by atoms with Gasteiger partial charge in [0.25, 0.3) is 0 Å². The van der Waals surface area contributed by atoms with Gasteiger partial charge in [-0.25, -0.2) is 0 Å². The van der Waals surface area contributed by atoms with Crippen LogP contribution in [0.3, 0.4) is 0 Å². The van der Waals surface area contributed by atoms with Crippen LogP contribution >= 0.6 is 0 Å². The van der Waals surface area contributed by atoms with Crippen molar-refractivity contribution in [3.63, 3.8) is 0 Å². The summed E-state index contributed by atoms with van der Waals surface area (Å²) in [6.07, 6.45) is 7.33. The van der Waals surface area contributed by atoms with Gasteiger partial charge >= 0.3 is 5.97 Å². The van der Waals surface area contributed by atoms with Crippen LogP contribution in [0.15, 0.2) is 0 Å². The van der Waals surface area contributed by atoms with E-state index in [1.807, 2.05) is 6.92 Å². The molecule has 104 valence electrons. The molecule has 0 aromatic rings. The van der Waals surface area contributed by atoms with Gasteiger partial charge in [-0.2, -0.15) is 0 Å². The lowest BCUT2D eigenvalue weighted by molar-refractivity contribution is -0.152. The Hall–Kier alpha value is -0.610. The van der Waals surface area contributed by atoms with Gasteiger partial charge in [0, 0.05) is 19.1 Å². The van der Waals surface area contributed by atoms with E-state index in [0.717, 1.165) is 19.0 Å². The van der Waals surface area contributed by atoms with Crippen LogP contribution in [0, 0.1) is 5.92 Å². The highest BCUT2D eigenvalue weighted by Crippen LogP contribution is 2.33. The number of nitrogens with two attached hydrogens (primary N) is 1. The number of carbonyl (C=O) groups excluding carboxylic acids is 1. The summed E-state index contributed by atoms with van der Waals surface area (Å²) in [5, 5.41) is 0. The predicted octanol–water partition coefficient (Wildman–Crippen LogP) is 1.53. The summed E-state index contributed by atoms with van der Waals surface area (Å²) in [7, 11) is 1.47. The Morgan fingerprint density at radius 2 is 2.06 bits per heavy atom. The highest BCUT2D eigenvalue weighted by atomic mass is 16.5. The van der Waals surface area contributed by atoms with Crippen molar-refractivity contribution >= 4 is 5.97 Å². The largest absolute Gasteiger partial charge is 0.468 e. The average Bonchev–Trinajstić information content (AvgIpc) is 2.65. The SMILES string of the molecule is COC(=O)[C@]1(C)C[C@@H](N)CN1CC1CCCCC1. The molecule has 1 aliphatic carbocycles. The molecule has 4 heteroatoms. The van der Waals surface area contributed by atoms with Gasteiger partial charge < -0.3 is 10.5 Å². The molecule has 2 N–H and O–H groups in total. The first-order valence-electron chi connectivity index (χ1n) is 7.15. The molecule has 4 nitrogen and oxygen atoms in total. The third-order valence-corrected chi connectivity index (χ3v) is 4.64. The number of carbonyl (C=O) groups is 1. The summed E-state index contributed by atoms with van der Waals surface area (Å²) in [6.45, 7) is 3.80. The molecule has 0 bridgehead atoms. The van der Waals surface area contributed by atoms with E-state index in [2.05, 4.69) is 4.90 Å². The zero-order chi connectivity index (χ0) is 13.2. The Balaban J connectivity index is 2.02. The lowest BCUT2D eigenvalue weighted by atomic mass is 9.88. The zero-order valence-electron chi connectivity index (χ0n) is 11.7. The minimum Gasteiger partial charge on any atom is -0.468 e. The van der Waals surface area contributed by atoms with Crippen molar-refractivity contribution in [3.05, 3.63) is 0 Å². The molecule has 0 aromatic carbocycles. The number of esters is 1. The van der Waals surface area contributed by atoms with Gasteiger partial charge in [-0.15, -0.1) is 0 Å². The van der Waals surface area contributed by atoms with Crippen molar-refractivity contribution in [2.24, 2.45) is 11.7 Å². The Bertz CT molecular complexity index is 302. The lowest BCUT2D eigenvalue weighted by Crippen LogP contribution is -2.50. The van der Waals surface area contributed by atoms with Crippen LogP contribution in [0.5, 0.6) is 0 Å². The monoisotopic (exact) mass is 254 g/mol. The Morgan fingerprint density at radius 3 is 2.67 bits per heavy atom.